The van der Waals surface area contributed by atoms with Crippen molar-refractivity contribution in [2.75, 3.05) is 6.61 Å². The fraction of sp³-hybridized carbons (Fsp3) is 0.429. The van der Waals surface area contributed by atoms with Crippen molar-refractivity contribution in [1.29, 1.82) is 0 Å². The Morgan fingerprint density at radius 3 is 2.09 bits per heavy atom. The molecule has 0 saturated carbocycles. The van der Waals surface area contributed by atoms with Crippen LogP contribution in [0.5, 0.6) is 28.7 Å². The lowest BCUT2D eigenvalue weighted by molar-refractivity contribution is -0.141. The fourth-order valence-electron chi connectivity index (χ4n) is 3.73. The standard InChI is InChI=1S/C21H26O12/c22-6-14(28)16(29)18(31)19(32)17(30)15-12(26)5-10(24)8-4-13(27)20(33-21(8)15)7-1-2-9(23)11(25)3-7/h1-3,5,13-14,16-20,22-32H,4,6H2/t13?,14?,16?,17?,18?,19?,20-/m0/s1. The molecule has 7 atom stereocenters. The van der Waals surface area contributed by atoms with E-state index in [0.29, 0.717) is 0 Å². The molecule has 0 radical (unpaired) electrons. The van der Waals surface area contributed by atoms with Crippen molar-refractivity contribution in [2.45, 2.75) is 49.1 Å². The molecule has 0 amide bonds. The smallest absolute Gasteiger partial charge is 0.157 e. The molecule has 0 aliphatic carbocycles. The van der Waals surface area contributed by atoms with E-state index >= 15 is 0 Å². The van der Waals surface area contributed by atoms with Gasteiger partial charge in [-0.1, -0.05) is 6.07 Å². The van der Waals surface area contributed by atoms with Crippen molar-refractivity contribution in [3.8, 4) is 28.7 Å². The first-order chi connectivity index (χ1) is 15.5. The summed E-state index contributed by atoms with van der Waals surface area (Å²) in [5.74, 6) is -2.48. The molecule has 0 aromatic heterocycles. The second-order valence-electron chi connectivity index (χ2n) is 7.86. The van der Waals surface area contributed by atoms with E-state index in [4.69, 9.17) is 9.84 Å². The van der Waals surface area contributed by atoms with Gasteiger partial charge in [0.25, 0.3) is 0 Å². The molecule has 33 heavy (non-hydrogen) atoms. The van der Waals surface area contributed by atoms with Gasteiger partial charge in [0.15, 0.2) is 11.5 Å². The number of ether oxygens (including phenoxy) is 1. The Balaban J connectivity index is 2.02. The van der Waals surface area contributed by atoms with E-state index in [2.05, 4.69) is 0 Å². The first kappa shape index (κ1) is 24.8. The number of rotatable bonds is 7. The van der Waals surface area contributed by atoms with Crippen LogP contribution in [0.25, 0.3) is 0 Å². The first-order valence-corrected chi connectivity index (χ1v) is 9.93. The topological polar surface area (TPSA) is 232 Å². The highest BCUT2D eigenvalue weighted by molar-refractivity contribution is 5.59. The third-order valence-electron chi connectivity index (χ3n) is 5.61. The molecule has 1 aliphatic rings. The number of hydrogen-bond donors (Lipinski definition) is 11. The lowest BCUT2D eigenvalue weighted by Gasteiger charge is -2.35. The zero-order chi connectivity index (χ0) is 24.6. The van der Waals surface area contributed by atoms with Crippen LogP contribution in [0.4, 0.5) is 0 Å². The van der Waals surface area contributed by atoms with Gasteiger partial charge >= 0.3 is 0 Å². The summed E-state index contributed by atoms with van der Waals surface area (Å²) in [6.45, 7) is -0.941. The number of fused-ring (bicyclic) bond motifs is 1. The molecule has 11 N–H and O–H groups in total. The summed E-state index contributed by atoms with van der Waals surface area (Å²) in [4.78, 5) is 0. The summed E-state index contributed by atoms with van der Waals surface area (Å²) < 4.78 is 5.73. The van der Waals surface area contributed by atoms with Crippen LogP contribution in [0.15, 0.2) is 24.3 Å². The lowest BCUT2D eigenvalue weighted by Crippen LogP contribution is -2.48. The number of aliphatic hydroxyl groups is 7. The van der Waals surface area contributed by atoms with Crippen molar-refractivity contribution >= 4 is 0 Å². The van der Waals surface area contributed by atoms with Crippen molar-refractivity contribution in [3.63, 3.8) is 0 Å². The minimum absolute atomic E-state index is 0.0359. The normalized spacial score (nSPS) is 22.5. The highest BCUT2D eigenvalue weighted by Crippen LogP contribution is 2.48. The maximum Gasteiger partial charge on any atom is 0.157 e. The van der Waals surface area contributed by atoms with Crippen LogP contribution in [-0.2, 0) is 6.42 Å². The predicted molar refractivity (Wildman–Crippen MR) is 109 cm³/mol. The maximum atomic E-state index is 10.7. The Morgan fingerprint density at radius 2 is 1.48 bits per heavy atom. The van der Waals surface area contributed by atoms with Gasteiger partial charge in [-0.05, 0) is 17.7 Å². The summed E-state index contributed by atoms with van der Waals surface area (Å²) in [5, 5.41) is 110. The quantitative estimate of drug-likeness (QED) is 0.198. The number of aliphatic hydroxyl groups excluding tert-OH is 7. The number of hydrogen-bond acceptors (Lipinski definition) is 12. The third-order valence-corrected chi connectivity index (χ3v) is 5.61. The van der Waals surface area contributed by atoms with E-state index in [1.54, 1.807) is 0 Å². The molecule has 6 unspecified atom stereocenters. The molecule has 182 valence electrons. The van der Waals surface area contributed by atoms with Gasteiger partial charge in [-0.25, -0.2) is 0 Å². The Kier molecular flexibility index (Phi) is 7.19. The zero-order valence-electron chi connectivity index (χ0n) is 17.1. The molecular weight excluding hydrogens is 444 g/mol. The second-order valence-corrected chi connectivity index (χ2v) is 7.86. The van der Waals surface area contributed by atoms with Gasteiger partial charge in [0.05, 0.1) is 18.3 Å². The Bertz CT molecular complexity index is 996. The summed E-state index contributed by atoms with van der Waals surface area (Å²) >= 11 is 0. The van der Waals surface area contributed by atoms with Crippen LogP contribution >= 0.6 is 0 Å². The van der Waals surface area contributed by atoms with Crippen LogP contribution in [0, 0.1) is 0 Å². The van der Waals surface area contributed by atoms with Gasteiger partial charge in [-0.15, -0.1) is 0 Å². The second kappa shape index (κ2) is 9.57. The molecule has 2 aromatic carbocycles. The number of phenols is 4. The number of benzene rings is 2. The summed E-state index contributed by atoms with van der Waals surface area (Å²) in [6.07, 6.45) is -13.0. The van der Waals surface area contributed by atoms with Gasteiger partial charge in [0.2, 0.25) is 0 Å². The largest absolute Gasteiger partial charge is 0.507 e. The monoisotopic (exact) mass is 470 g/mol. The summed E-state index contributed by atoms with van der Waals surface area (Å²) in [7, 11) is 0. The van der Waals surface area contributed by atoms with Crippen LogP contribution in [-0.4, -0.2) is 93.3 Å². The molecule has 12 heteroatoms. The van der Waals surface area contributed by atoms with Gasteiger partial charge in [-0.2, -0.15) is 0 Å². The van der Waals surface area contributed by atoms with Crippen molar-refractivity contribution in [3.05, 3.63) is 41.0 Å². The molecule has 0 fully saturated rings. The Hall–Kier alpha value is -2.84. The Labute approximate surface area is 187 Å². The molecular formula is C21H26O12. The summed E-state index contributed by atoms with van der Waals surface area (Å²) in [6, 6.07) is 4.45. The lowest BCUT2D eigenvalue weighted by atomic mass is 9.88. The van der Waals surface area contributed by atoms with E-state index in [9.17, 15) is 51.1 Å². The zero-order valence-corrected chi connectivity index (χ0v) is 17.1. The Morgan fingerprint density at radius 1 is 0.818 bits per heavy atom. The number of phenolic OH excluding ortho intramolecular Hbond substituents is 4. The fourth-order valence-corrected chi connectivity index (χ4v) is 3.73. The molecule has 1 heterocycles. The molecule has 12 nitrogen and oxygen atoms in total. The van der Waals surface area contributed by atoms with Crippen molar-refractivity contribution < 1.29 is 60.9 Å². The number of aromatic hydroxyl groups is 4. The van der Waals surface area contributed by atoms with Crippen LogP contribution in [0.1, 0.15) is 28.9 Å². The van der Waals surface area contributed by atoms with Crippen LogP contribution < -0.4 is 4.74 Å². The SMILES string of the molecule is OCC(O)C(O)C(O)C(O)C(O)c1c(O)cc(O)c2c1O[C@@H](c1ccc(O)c(O)c1)C(O)C2. The van der Waals surface area contributed by atoms with E-state index in [1.165, 1.54) is 6.07 Å². The molecule has 3 rings (SSSR count). The van der Waals surface area contributed by atoms with E-state index in [0.717, 1.165) is 18.2 Å². The average molecular weight is 470 g/mol. The van der Waals surface area contributed by atoms with Crippen LogP contribution in [0.2, 0.25) is 0 Å². The molecule has 0 bridgehead atoms. The minimum atomic E-state index is -2.19. The molecule has 0 spiro atoms. The van der Waals surface area contributed by atoms with Gasteiger partial charge in [0.1, 0.15) is 53.9 Å². The predicted octanol–water partition coefficient (Wildman–Crippen LogP) is -1.98. The minimum Gasteiger partial charge on any atom is -0.507 e. The van der Waals surface area contributed by atoms with E-state index in [1.807, 2.05) is 0 Å². The highest BCUT2D eigenvalue weighted by atomic mass is 16.5. The molecule has 2 aromatic rings. The molecule has 0 saturated heterocycles. The highest BCUT2D eigenvalue weighted by Gasteiger charge is 2.41. The van der Waals surface area contributed by atoms with E-state index in [-0.39, 0.29) is 23.3 Å². The van der Waals surface area contributed by atoms with Gasteiger partial charge in [-0.3, -0.25) is 0 Å². The van der Waals surface area contributed by atoms with Crippen LogP contribution in [0.3, 0.4) is 0 Å². The molecule has 1 aliphatic heterocycles. The van der Waals surface area contributed by atoms with Gasteiger partial charge in [0, 0.05) is 18.1 Å². The van der Waals surface area contributed by atoms with Crippen molar-refractivity contribution in [1.82, 2.24) is 0 Å². The van der Waals surface area contributed by atoms with E-state index < -0.39 is 77.9 Å². The first-order valence-electron chi connectivity index (χ1n) is 9.93. The maximum absolute atomic E-state index is 10.7. The summed E-state index contributed by atoms with van der Waals surface area (Å²) in [5.41, 5.74) is -0.319. The average Bonchev–Trinajstić information content (AvgIpc) is 2.78. The van der Waals surface area contributed by atoms with Gasteiger partial charge < -0.3 is 60.9 Å². The third kappa shape index (κ3) is 4.63. The van der Waals surface area contributed by atoms with Crippen molar-refractivity contribution in [2.24, 2.45) is 0 Å².